The summed E-state index contributed by atoms with van der Waals surface area (Å²) in [5.74, 6) is -0.711. The van der Waals surface area contributed by atoms with E-state index in [0.29, 0.717) is 18.6 Å². The van der Waals surface area contributed by atoms with Crippen LogP contribution in [-0.2, 0) is 14.4 Å². The molecule has 102 valence electrons. The second-order valence-electron chi connectivity index (χ2n) is 4.48. The number of primary amides is 1. The molecular weight excluding hydrogens is 256 g/mol. The molecule has 0 aromatic heterocycles. The van der Waals surface area contributed by atoms with Crippen LogP contribution in [0.3, 0.4) is 0 Å². The van der Waals surface area contributed by atoms with Crippen LogP contribution in [0.25, 0.3) is 0 Å². The molecule has 0 spiro atoms. The average molecular weight is 274 g/mol. The van der Waals surface area contributed by atoms with Crippen molar-refractivity contribution in [2.24, 2.45) is 11.1 Å². The quantitative estimate of drug-likeness (QED) is 0.538. The lowest BCUT2D eigenvalue weighted by Crippen LogP contribution is -2.47. The zero-order chi connectivity index (χ0) is 13.6. The van der Waals surface area contributed by atoms with Gasteiger partial charge < -0.3 is 16.2 Å². The van der Waals surface area contributed by atoms with Crippen molar-refractivity contribution in [1.29, 1.82) is 0 Å². The van der Waals surface area contributed by atoms with Crippen molar-refractivity contribution in [3.63, 3.8) is 0 Å². The Morgan fingerprint density at radius 3 is 2.44 bits per heavy atom. The van der Waals surface area contributed by atoms with Crippen LogP contribution in [0, 0.1) is 5.41 Å². The summed E-state index contributed by atoms with van der Waals surface area (Å²) < 4.78 is 0. The van der Waals surface area contributed by atoms with Crippen molar-refractivity contribution in [3.8, 4) is 0 Å². The molecule has 0 aliphatic heterocycles. The minimum atomic E-state index is -0.836. The third kappa shape index (κ3) is 4.21. The van der Waals surface area contributed by atoms with E-state index in [2.05, 4.69) is 5.32 Å². The largest absolute Gasteiger partial charge is 0.481 e. The molecular formula is C11H18N2O4S. The molecule has 0 bridgehead atoms. The topological polar surface area (TPSA) is 109 Å². The average Bonchev–Trinajstić information content (AvgIpc) is 2.22. The number of carboxylic acids is 1. The summed E-state index contributed by atoms with van der Waals surface area (Å²) in [4.78, 5) is 33.0. The molecule has 0 aromatic carbocycles. The van der Waals surface area contributed by atoms with E-state index in [-0.39, 0.29) is 24.6 Å². The smallest absolute Gasteiger partial charge is 0.311 e. The first-order chi connectivity index (χ1) is 8.46. The van der Waals surface area contributed by atoms with E-state index >= 15 is 0 Å². The van der Waals surface area contributed by atoms with Gasteiger partial charge in [-0.05, 0) is 12.8 Å². The number of carbonyl (C=O) groups excluding carboxylic acids is 2. The lowest BCUT2D eigenvalue weighted by Gasteiger charge is -2.37. The molecule has 1 fully saturated rings. The molecule has 1 aliphatic rings. The lowest BCUT2D eigenvalue weighted by molar-refractivity contribution is -0.154. The molecule has 7 heteroatoms. The Morgan fingerprint density at radius 1 is 1.33 bits per heavy atom. The first-order valence-corrected chi connectivity index (χ1v) is 6.98. The normalized spacial score (nSPS) is 16.7. The van der Waals surface area contributed by atoms with Crippen LogP contribution < -0.4 is 11.1 Å². The zero-order valence-electron chi connectivity index (χ0n) is 10.1. The second kappa shape index (κ2) is 6.63. The van der Waals surface area contributed by atoms with Crippen molar-refractivity contribution >= 4 is 29.5 Å². The molecule has 0 unspecified atom stereocenters. The molecule has 1 aliphatic carbocycles. The van der Waals surface area contributed by atoms with Gasteiger partial charge in [-0.2, -0.15) is 11.8 Å². The van der Waals surface area contributed by atoms with Gasteiger partial charge in [0.1, 0.15) is 0 Å². The fraction of sp³-hybridized carbons (Fsp3) is 0.727. The Morgan fingerprint density at radius 2 is 2.00 bits per heavy atom. The fourth-order valence-corrected chi connectivity index (χ4v) is 2.44. The molecule has 1 saturated carbocycles. The highest BCUT2D eigenvalue weighted by Crippen LogP contribution is 2.40. The number of carboxylic acid groups (broad SMARTS) is 1. The van der Waals surface area contributed by atoms with Crippen LogP contribution in [0.2, 0.25) is 0 Å². The number of thioether (sulfide) groups is 1. The summed E-state index contributed by atoms with van der Waals surface area (Å²) >= 11 is 1.30. The highest BCUT2D eigenvalue weighted by Gasteiger charge is 2.44. The van der Waals surface area contributed by atoms with Gasteiger partial charge >= 0.3 is 5.97 Å². The summed E-state index contributed by atoms with van der Waals surface area (Å²) in [6.07, 6.45) is 2.42. The summed E-state index contributed by atoms with van der Waals surface area (Å²) in [7, 11) is 0. The molecule has 0 aromatic rings. The Labute approximate surface area is 110 Å². The van der Waals surface area contributed by atoms with Gasteiger partial charge in [0.05, 0.1) is 11.2 Å². The molecule has 4 N–H and O–H groups in total. The lowest BCUT2D eigenvalue weighted by atomic mass is 9.69. The van der Waals surface area contributed by atoms with Crippen molar-refractivity contribution in [1.82, 2.24) is 5.32 Å². The molecule has 0 heterocycles. The van der Waals surface area contributed by atoms with Gasteiger partial charge in [0.15, 0.2) is 0 Å². The summed E-state index contributed by atoms with van der Waals surface area (Å²) in [5.41, 5.74) is 4.20. The molecule has 2 amide bonds. The Kier molecular flexibility index (Phi) is 5.46. The van der Waals surface area contributed by atoms with Crippen LogP contribution in [0.5, 0.6) is 0 Å². The molecule has 0 saturated heterocycles. The Balaban J connectivity index is 2.17. The van der Waals surface area contributed by atoms with Gasteiger partial charge in [-0.1, -0.05) is 6.42 Å². The highest BCUT2D eigenvalue weighted by atomic mass is 32.2. The number of nitrogens with two attached hydrogens (primary N) is 1. The Hall–Kier alpha value is -1.24. The molecule has 0 radical (unpaired) electrons. The van der Waals surface area contributed by atoms with Gasteiger partial charge in [0.2, 0.25) is 11.8 Å². The first-order valence-electron chi connectivity index (χ1n) is 5.82. The monoisotopic (exact) mass is 274 g/mol. The van der Waals surface area contributed by atoms with E-state index < -0.39 is 17.3 Å². The van der Waals surface area contributed by atoms with Gasteiger partial charge in [0.25, 0.3) is 0 Å². The maximum absolute atomic E-state index is 11.5. The van der Waals surface area contributed by atoms with Gasteiger partial charge in [-0.25, -0.2) is 0 Å². The van der Waals surface area contributed by atoms with E-state index in [1.54, 1.807) is 0 Å². The maximum atomic E-state index is 11.5. The molecule has 6 nitrogen and oxygen atoms in total. The predicted molar refractivity (Wildman–Crippen MR) is 68.1 cm³/mol. The minimum absolute atomic E-state index is 0.181. The third-order valence-corrected chi connectivity index (χ3v) is 4.09. The van der Waals surface area contributed by atoms with Gasteiger partial charge in [-0.15, -0.1) is 0 Å². The van der Waals surface area contributed by atoms with Crippen LogP contribution in [-0.4, -0.2) is 40.9 Å². The van der Waals surface area contributed by atoms with Crippen LogP contribution in [0.4, 0.5) is 0 Å². The van der Waals surface area contributed by atoms with E-state index in [4.69, 9.17) is 10.8 Å². The summed E-state index contributed by atoms with van der Waals surface area (Å²) in [6.45, 7) is 0.196. The fourth-order valence-electron chi connectivity index (χ4n) is 1.76. The van der Waals surface area contributed by atoms with Crippen molar-refractivity contribution in [3.05, 3.63) is 0 Å². The number of hydrogen-bond acceptors (Lipinski definition) is 4. The number of rotatable bonds is 8. The summed E-state index contributed by atoms with van der Waals surface area (Å²) in [5, 5.41) is 11.7. The Bertz CT molecular complexity index is 342. The first kappa shape index (κ1) is 14.8. The molecule has 1 rings (SSSR count). The minimum Gasteiger partial charge on any atom is -0.481 e. The number of aliphatic carboxylic acids is 1. The zero-order valence-corrected chi connectivity index (χ0v) is 10.9. The third-order valence-electron chi connectivity index (χ3n) is 3.11. The second-order valence-corrected chi connectivity index (χ2v) is 5.59. The maximum Gasteiger partial charge on any atom is 0.311 e. The van der Waals surface area contributed by atoms with E-state index in [9.17, 15) is 14.4 Å². The van der Waals surface area contributed by atoms with Crippen LogP contribution in [0.1, 0.15) is 25.7 Å². The molecule has 0 atom stereocenters. The number of hydrogen-bond donors (Lipinski definition) is 3. The SMILES string of the molecule is NC(=O)CSCCC(=O)NCC1(C(=O)O)CCC1. The van der Waals surface area contributed by atoms with E-state index in [1.807, 2.05) is 0 Å². The van der Waals surface area contributed by atoms with Gasteiger partial charge in [-0.3, -0.25) is 14.4 Å². The summed E-state index contributed by atoms with van der Waals surface area (Å²) in [6, 6.07) is 0. The van der Waals surface area contributed by atoms with Crippen molar-refractivity contribution in [2.45, 2.75) is 25.7 Å². The van der Waals surface area contributed by atoms with Crippen molar-refractivity contribution in [2.75, 3.05) is 18.1 Å². The van der Waals surface area contributed by atoms with Crippen molar-refractivity contribution < 1.29 is 19.5 Å². The van der Waals surface area contributed by atoms with Gasteiger partial charge in [0, 0.05) is 18.7 Å². The molecule has 18 heavy (non-hydrogen) atoms. The highest BCUT2D eigenvalue weighted by molar-refractivity contribution is 7.99. The van der Waals surface area contributed by atoms with E-state index in [1.165, 1.54) is 11.8 Å². The standard InChI is InChI=1S/C11H18N2O4S/c12-8(14)6-18-5-2-9(15)13-7-11(10(16)17)3-1-4-11/h1-7H2,(H2,12,14)(H,13,15)(H,16,17). The van der Waals surface area contributed by atoms with Crippen LogP contribution in [0.15, 0.2) is 0 Å². The predicted octanol–water partition coefficient (Wildman–Crippen LogP) is -0.0339. The number of carbonyl (C=O) groups is 3. The van der Waals surface area contributed by atoms with E-state index in [0.717, 1.165) is 6.42 Å². The number of amides is 2. The van der Waals surface area contributed by atoms with Crippen LogP contribution >= 0.6 is 11.8 Å². The number of nitrogens with one attached hydrogen (secondary N) is 1.